The molecule has 4 aliphatic rings. The van der Waals surface area contributed by atoms with Gasteiger partial charge < -0.3 is 115 Å². The van der Waals surface area contributed by atoms with E-state index in [4.69, 9.17) is 37.9 Å². The smallest absolute Gasteiger partial charge is 0.220 e. The van der Waals surface area contributed by atoms with Crippen LogP contribution in [0.15, 0.2) is 12.2 Å². The number of allylic oxidation sites excluding steroid dienone is 1. The fraction of sp³-hybridized carbons (Fsp3) is 0.950. The Morgan fingerprint density at radius 2 is 0.774 bits per heavy atom. The third-order valence-corrected chi connectivity index (χ3v) is 16.7. The van der Waals surface area contributed by atoms with E-state index in [2.05, 4.69) is 19.2 Å². The van der Waals surface area contributed by atoms with Crippen LogP contribution in [0.25, 0.3) is 0 Å². The maximum Gasteiger partial charge on any atom is 0.220 e. The van der Waals surface area contributed by atoms with Crippen LogP contribution >= 0.6 is 0 Å². The molecule has 15 N–H and O–H groups in total. The second-order valence-electron chi connectivity index (χ2n) is 23.6. The highest BCUT2D eigenvalue weighted by molar-refractivity contribution is 5.76. The minimum absolute atomic E-state index is 0.221. The van der Waals surface area contributed by atoms with E-state index in [1.807, 2.05) is 6.08 Å². The predicted octanol–water partition coefficient (Wildman–Crippen LogP) is 1.64. The molecule has 4 aliphatic heterocycles. The summed E-state index contributed by atoms with van der Waals surface area (Å²) >= 11 is 0. The van der Waals surface area contributed by atoms with Gasteiger partial charge in [-0.25, -0.2) is 0 Å². The Kier molecular flexibility index (Phi) is 37.7. The normalized spacial score (nSPS) is 34.7. The number of hydrogen-bond donors (Lipinski definition) is 15. The van der Waals surface area contributed by atoms with Gasteiger partial charge in [0.1, 0.15) is 97.7 Å². The Morgan fingerprint density at radius 1 is 0.417 bits per heavy atom. The minimum atomic E-state index is -2.08. The van der Waals surface area contributed by atoms with Crippen molar-refractivity contribution < 1.29 is 114 Å². The summed E-state index contributed by atoms with van der Waals surface area (Å²) in [5.41, 5.74) is 0. The third-order valence-electron chi connectivity index (χ3n) is 16.7. The van der Waals surface area contributed by atoms with Crippen LogP contribution in [0.1, 0.15) is 194 Å². The molecule has 4 rings (SSSR count). The van der Waals surface area contributed by atoms with E-state index in [1.54, 1.807) is 6.08 Å². The molecule has 4 fully saturated rings. The number of amides is 1. The van der Waals surface area contributed by atoms with E-state index in [1.165, 1.54) is 122 Å². The number of ether oxygens (including phenoxy) is 8. The first-order valence-corrected chi connectivity index (χ1v) is 32.0. The van der Waals surface area contributed by atoms with Crippen molar-refractivity contribution in [3.8, 4) is 0 Å². The summed E-state index contributed by atoms with van der Waals surface area (Å²) in [5.74, 6) is -0.300. The summed E-state index contributed by atoms with van der Waals surface area (Å²) in [6.45, 7) is 0.546. The third kappa shape index (κ3) is 24.6. The van der Waals surface area contributed by atoms with Crippen molar-refractivity contribution >= 4 is 5.91 Å². The quantitative estimate of drug-likeness (QED) is 0.0304. The maximum atomic E-state index is 13.4. The van der Waals surface area contributed by atoms with Crippen molar-refractivity contribution in [2.75, 3.05) is 33.0 Å². The highest BCUT2D eigenvalue weighted by Crippen LogP contribution is 2.35. The fourth-order valence-corrected chi connectivity index (χ4v) is 11.3. The zero-order valence-corrected chi connectivity index (χ0v) is 50.1. The Labute approximate surface area is 497 Å². The first-order valence-electron chi connectivity index (χ1n) is 32.0. The van der Waals surface area contributed by atoms with Crippen molar-refractivity contribution in [1.82, 2.24) is 5.32 Å². The van der Waals surface area contributed by atoms with Gasteiger partial charge in [0.15, 0.2) is 25.2 Å². The fourth-order valence-electron chi connectivity index (χ4n) is 11.3. The molecule has 0 aromatic rings. The molecule has 24 heteroatoms. The Bertz CT molecular complexity index is 1710. The van der Waals surface area contributed by atoms with Crippen molar-refractivity contribution in [3.63, 3.8) is 0 Å². The Balaban J connectivity index is 1.32. The number of aliphatic hydroxyl groups excluding tert-OH is 14. The van der Waals surface area contributed by atoms with E-state index < -0.39 is 161 Å². The molecule has 0 aromatic heterocycles. The second kappa shape index (κ2) is 42.3. The van der Waals surface area contributed by atoms with E-state index >= 15 is 0 Å². The molecule has 0 radical (unpaired) electrons. The first kappa shape index (κ1) is 74.8. The van der Waals surface area contributed by atoms with E-state index in [-0.39, 0.29) is 18.9 Å². The molecule has 0 aliphatic carbocycles. The predicted molar refractivity (Wildman–Crippen MR) is 305 cm³/mol. The summed E-state index contributed by atoms with van der Waals surface area (Å²) in [7, 11) is 0. The molecule has 1 amide bonds. The van der Waals surface area contributed by atoms with Crippen LogP contribution in [0.3, 0.4) is 0 Å². The number of rotatable bonds is 44. The standard InChI is InChI=1S/C60H111NO23/c1-3-5-7-9-11-13-15-17-18-20-22-24-26-28-30-32-44(67)61-38(39(66)31-29-27-25-23-21-19-16-14-12-10-8-6-4-2)37-77-57-51(74)48(71)54(42(35-64)80-57)82-59-52(75)49(72)55(43(36-65)81-59)83-60-53(76)56(46(69)41(34-63)79-60)84-58-50(73)47(70)45(68)40(33-62)78-58/h29,31,38-43,45-60,62-66,68-76H,3-28,30,32-37H2,1-2H3,(H,61,67)/b31-29+/t38-,39+,40?,41?,42?,43?,45-,46-,47-,48+,49+,50?,51?,52?,53?,54+,55-,56-,57+,58-,59-,60-/m0/s1. The van der Waals surface area contributed by atoms with Crippen molar-refractivity contribution in [1.29, 1.82) is 0 Å². The largest absolute Gasteiger partial charge is 0.394 e. The van der Waals surface area contributed by atoms with Gasteiger partial charge in [0, 0.05) is 6.42 Å². The molecule has 22 atom stereocenters. The van der Waals surface area contributed by atoms with Gasteiger partial charge in [-0.3, -0.25) is 4.79 Å². The number of unbranched alkanes of at least 4 members (excludes halogenated alkanes) is 25. The molecule has 0 bridgehead atoms. The number of carbonyl (C=O) groups is 1. The van der Waals surface area contributed by atoms with E-state index in [0.717, 1.165) is 44.9 Å². The van der Waals surface area contributed by atoms with Gasteiger partial charge in [0.05, 0.1) is 45.2 Å². The van der Waals surface area contributed by atoms with Crippen LogP contribution in [0.4, 0.5) is 0 Å². The number of hydrogen-bond acceptors (Lipinski definition) is 23. The lowest BCUT2D eigenvalue weighted by Gasteiger charge is -2.49. The van der Waals surface area contributed by atoms with Crippen LogP contribution in [0.2, 0.25) is 0 Å². The monoisotopic (exact) mass is 1210 g/mol. The highest BCUT2D eigenvalue weighted by atomic mass is 16.8. The van der Waals surface area contributed by atoms with E-state index in [9.17, 15) is 76.3 Å². The molecule has 84 heavy (non-hydrogen) atoms. The molecule has 24 nitrogen and oxygen atoms in total. The van der Waals surface area contributed by atoms with Gasteiger partial charge in [0.25, 0.3) is 0 Å². The molecule has 0 aromatic carbocycles. The summed E-state index contributed by atoms with van der Waals surface area (Å²) < 4.78 is 45.7. The number of carbonyl (C=O) groups excluding carboxylic acids is 1. The van der Waals surface area contributed by atoms with Crippen molar-refractivity contribution in [3.05, 3.63) is 12.2 Å². The average Bonchev–Trinajstić information content (AvgIpc) is 2.80. The molecule has 0 saturated carbocycles. The van der Waals surface area contributed by atoms with Crippen LogP contribution in [0.5, 0.6) is 0 Å². The molecule has 0 spiro atoms. The maximum absolute atomic E-state index is 13.4. The van der Waals surface area contributed by atoms with Gasteiger partial charge in [0.2, 0.25) is 5.91 Å². The second-order valence-corrected chi connectivity index (χ2v) is 23.6. The zero-order valence-electron chi connectivity index (χ0n) is 50.1. The van der Waals surface area contributed by atoms with Gasteiger partial charge in [-0.15, -0.1) is 0 Å². The van der Waals surface area contributed by atoms with Crippen LogP contribution < -0.4 is 5.32 Å². The number of aliphatic hydroxyl groups is 14. The van der Waals surface area contributed by atoms with E-state index in [0.29, 0.717) is 6.42 Å². The zero-order chi connectivity index (χ0) is 61.4. The molecule has 8 unspecified atom stereocenters. The van der Waals surface area contributed by atoms with Gasteiger partial charge in [-0.2, -0.15) is 0 Å². The summed E-state index contributed by atoms with van der Waals surface area (Å²) in [5, 5.41) is 154. The highest BCUT2D eigenvalue weighted by Gasteiger charge is 2.55. The topological polar surface area (TPSA) is 386 Å². The van der Waals surface area contributed by atoms with Crippen molar-refractivity contribution in [2.24, 2.45) is 0 Å². The van der Waals surface area contributed by atoms with Crippen molar-refractivity contribution in [2.45, 2.75) is 329 Å². The van der Waals surface area contributed by atoms with Gasteiger partial charge in [-0.05, 0) is 19.3 Å². The Morgan fingerprint density at radius 3 is 1.23 bits per heavy atom. The Hall–Kier alpha value is -1.67. The molecular weight excluding hydrogens is 1100 g/mol. The molecule has 4 saturated heterocycles. The lowest BCUT2D eigenvalue weighted by Crippen LogP contribution is -2.67. The van der Waals surface area contributed by atoms with Gasteiger partial charge in [-0.1, -0.05) is 180 Å². The molecule has 494 valence electrons. The molecule has 4 heterocycles. The van der Waals surface area contributed by atoms with Crippen LogP contribution in [-0.2, 0) is 42.7 Å². The van der Waals surface area contributed by atoms with Crippen LogP contribution in [-0.4, -0.2) is 245 Å². The summed E-state index contributed by atoms with van der Waals surface area (Å²) in [6, 6.07) is -1.00. The van der Waals surface area contributed by atoms with Gasteiger partial charge >= 0.3 is 0 Å². The first-order chi connectivity index (χ1) is 40.6. The van der Waals surface area contributed by atoms with Crippen LogP contribution in [0, 0.1) is 0 Å². The lowest BCUT2D eigenvalue weighted by atomic mass is 9.95. The minimum Gasteiger partial charge on any atom is -0.394 e. The molecular formula is C60H111NO23. The SMILES string of the molecule is CCCCCCCCCCCCC/C=C/[C@@H](O)[C@H](CO[C@@H]1OC(CO)[C@@H](O[C@@H]2OC(CO)[C@H](O[C@@H]3OC(CO)[C@H](O)[C@H](O[C@@H]4OC(CO)[C@H](O)[C@H](O)C4O)C3O)[C@H](O)C2O)[C@H](O)C1O)NC(=O)CCCCCCCCCCCCCCCCC. The summed E-state index contributed by atoms with van der Waals surface area (Å²) in [6.07, 6.45) is -2.03. The average molecular weight is 1210 g/mol. The summed E-state index contributed by atoms with van der Waals surface area (Å²) in [4.78, 5) is 13.4. The lowest BCUT2D eigenvalue weighted by molar-refractivity contribution is -0.389. The number of nitrogens with one attached hydrogen (secondary N) is 1.